The van der Waals surface area contributed by atoms with Crippen molar-refractivity contribution in [2.45, 2.75) is 0 Å². The van der Waals surface area contributed by atoms with Crippen LogP contribution in [0.1, 0.15) is 20.7 Å². The topological polar surface area (TPSA) is 52.6 Å². The molecule has 4 rings (SSSR count). The fourth-order valence-electron chi connectivity index (χ4n) is 2.69. The third-order valence-electron chi connectivity index (χ3n) is 3.86. The molecule has 0 aromatic heterocycles. The van der Waals surface area contributed by atoms with Crippen molar-refractivity contribution >= 4 is 38.2 Å². The fraction of sp³-hybridized carbons (Fsp3) is 0. The van der Waals surface area contributed by atoms with Crippen LogP contribution in [0.3, 0.4) is 0 Å². The van der Waals surface area contributed by atoms with E-state index in [4.69, 9.17) is 6.20 Å². The van der Waals surface area contributed by atoms with Crippen LogP contribution in [0.25, 0.3) is 0 Å². The van der Waals surface area contributed by atoms with Gasteiger partial charge in [-0.15, -0.1) is 0 Å². The second kappa shape index (κ2) is 6.36. The second-order valence-corrected chi connectivity index (χ2v) is 11.9. The van der Waals surface area contributed by atoms with Gasteiger partial charge in [0.2, 0.25) is 0 Å². The molecule has 0 fully saturated rings. The number of carbonyl (C=O) groups excluding carboxylic acids is 2. The molecule has 0 radical (unpaired) electrons. The second-order valence-electron chi connectivity index (χ2n) is 5.42. The molecule has 0 N–H and O–H groups in total. The van der Waals surface area contributed by atoms with Crippen LogP contribution < -0.4 is 7.22 Å². The van der Waals surface area contributed by atoms with Crippen molar-refractivity contribution in [3.63, 3.8) is 0 Å². The Morgan fingerprint density at radius 1 is 0.520 bits per heavy atom. The Kier molecular flexibility index (Phi) is 4.04. The van der Waals surface area contributed by atoms with Gasteiger partial charge in [0, 0.05) is 0 Å². The van der Waals surface area contributed by atoms with Crippen LogP contribution in [-0.4, -0.2) is 30.9 Å². The van der Waals surface area contributed by atoms with Gasteiger partial charge in [-0.25, -0.2) is 0 Å². The number of rotatable bonds is 2. The third kappa shape index (κ3) is 2.72. The van der Waals surface area contributed by atoms with Crippen LogP contribution in [0.2, 0.25) is 0 Å². The normalized spacial score (nSPS) is 16.8. The number of benzene rings is 3. The van der Waals surface area contributed by atoms with Crippen LogP contribution in [0.15, 0.2) is 84.9 Å². The molecule has 0 aliphatic carbocycles. The average molecular weight is 446 g/mol. The molecule has 3 aromatic rings. The quantitative estimate of drug-likeness (QED) is 0.568. The van der Waals surface area contributed by atoms with Crippen molar-refractivity contribution in [3.05, 3.63) is 96.1 Å². The first-order chi connectivity index (χ1) is 12.2. The fourth-order valence-corrected chi connectivity index (χ4v) is 9.33. The molecule has 0 bridgehead atoms. The molecule has 4 nitrogen and oxygen atoms in total. The average Bonchev–Trinajstić information content (AvgIpc) is 2.79. The Morgan fingerprint density at radius 3 is 1.28 bits per heavy atom. The van der Waals surface area contributed by atoms with E-state index < -0.39 is 30.9 Å². The van der Waals surface area contributed by atoms with Crippen LogP contribution in [0, 0.1) is 0 Å². The Balaban J connectivity index is 1.95. The van der Waals surface area contributed by atoms with E-state index in [1.807, 2.05) is 60.7 Å². The van der Waals surface area contributed by atoms with Gasteiger partial charge in [-0.05, 0) is 0 Å². The van der Waals surface area contributed by atoms with Crippen molar-refractivity contribution in [1.82, 2.24) is 0 Å². The van der Waals surface area contributed by atoms with Crippen LogP contribution >= 0.6 is 0 Å². The van der Waals surface area contributed by atoms with Crippen molar-refractivity contribution < 1.29 is 15.8 Å². The molecule has 1 aliphatic rings. The van der Waals surface area contributed by atoms with Crippen molar-refractivity contribution in [3.8, 4) is 0 Å². The summed E-state index contributed by atoms with van der Waals surface area (Å²) in [5, 5.41) is 0. The summed E-state index contributed by atoms with van der Waals surface area (Å²) in [4.78, 5) is 25.6. The molecule has 0 unspecified atom stereocenters. The summed E-state index contributed by atoms with van der Waals surface area (Å²) in [7, 11) is 0. The van der Waals surface area contributed by atoms with Crippen molar-refractivity contribution in [2.75, 3.05) is 0 Å². The van der Waals surface area contributed by atoms with Gasteiger partial charge in [-0.3, -0.25) is 0 Å². The van der Waals surface area contributed by atoms with Gasteiger partial charge in [0.15, 0.2) is 0 Å². The van der Waals surface area contributed by atoms with E-state index in [9.17, 15) is 9.59 Å². The molecule has 0 saturated carbocycles. The summed E-state index contributed by atoms with van der Waals surface area (Å²) >= 11 is -4.20. The molecular formula is C20H14O4Te. The Labute approximate surface area is 149 Å². The number of hydrogen-bond donors (Lipinski definition) is 0. The van der Waals surface area contributed by atoms with E-state index in [0.29, 0.717) is 0 Å². The van der Waals surface area contributed by atoms with E-state index in [-0.39, 0.29) is 11.1 Å². The molecule has 3 aromatic carbocycles. The van der Waals surface area contributed by atoms with E-state index >= 15 is 0 Å². The first kappa shape index (κ1) is 15.9. The summed E-state index contributed by atoms with van der Waals surface area (Å²) in [6, 6.07) is 25.2. The third-order valence-corrected chi connectivity index (χ3v) is 11.2. The molecule has 1 heterocycles. The molecule has 1 aliphatic heterocycles. The molecule has 0 amide bonds. The summed E-state index contributed by atoms with van der Waals surface area (Å²) in [6.07, 6.45) is 0. The van der Waals surface area contributed by atoms with Crippen molar-refractivity contribution in [2.24, 2.45) is 0 Å². The monoisotopic (exact) mass is 448 g/mol. The predicted octanol–water partition coefficient (Wildman–Crippen LogP) is 2.27. The van der Waals surface area contributed by atoms with Gasteiger partial charge in [-0.2, -0.15) is 0 Å². The van der Waals surface area contributed by atoms with Crippen LogP contribution in [-0.2, 0) is 6.20 Å². The van der Waals surface area contributed by atoms with Crippen LogP contribution in [0.4, 0.5) is 0 Å². The predicted molar refractivity (Wildman–Crippen MR) is 95.2 cm³/mol. The molecule has 124 valence electrons. The summed E-state index contributed by atoms with van der Waals surface area (Å²) in [6.45, 7) is 0. The van der Waals surface area contributed by atoms with Gasteiger partial charge in [0.05, 0.1) is 0 Å². The standard InChI is InChI=1S/C20H14O4Te/c21-19-17-13-7-8-14-18(17)20(22)24-25(23-19,15-9-3-1-4-10-15)16-11-5-2-6-12-16/h1-14H. The van der Waals surface area contributed by atoms with E-state index in [2.05, 4.69) is 0 Å². The molecule has 25 heavy (non-hydrogen) atoms. The van der Waals surface area contributed by atoms with E-state index in [1.54, 1.807) is 24.3 Å². The Hall–Kier alpha value is -2.61. The number of carbonyl (C=O) groups is 2. The maximum atomic E-state index is 12.8. The van der Waals surface area contributed by atoms with Gasteiger partial charge >= 0.3 is 150 Å². The Morgan fingerprint density at radius 2 is 0.880 bits per heavy atom. The molecular weight excluding hydrogens is 432 g/mol. The maximum absolute atomic E-state index is 12.8. The zero-order valence-corrected chi connectivity index (χ0v) is 15.5. The molecule has 5 heteroatoms. The van der Waals surface area contributed by atoms with Crippen LogP contribution in [0.5, 0.6) is 0 Å². The number of fused-ring (bicyclic) bond motifs is 1. The first-order valence-corrected chi connectivity index (χ1v) is 11.9. The molecule has 0 spiro atoms. The van der Waals surface area contributed by atoms with E-state index in [0.717, 1.165) is 7.22 Å². The van der Waals surface area contributed by atoms with Gasteiger partial charge in [0.25, 0.3) is 0 Å². The number of hydrogen-bond acceptors (Lipinski definition) is 4. The van der Waals surface area contributed by atoms with Gasteiger partial charge < -0.3 is 0 Å². The zero-order valence-electron chi connectivity index (χ0n) is 13.1. The van der Waals surface area contributed by atoms with Crippen molar-refractivity contribution in [1.29, 1.82) is 0 Å². The van der Waals surface area contributed by atoms with Gasteiger partial charge in [-0.1, -0.05) is 0 Å². The minimum atomic E-state index is -4.20. The summed E-state index contributed by atoms with van der Waals surface area (Å²) in [5.74, 6) is -1.04. The first-order valence-electron chi connectivity index (χ1n) is 7.71. The molecule has 0 saturated heterocycles. The summed E-state index contributed by atoms with van der Waals surface area (Å²) in [5.41, 5.74) is 0.486. The summed E-state index contributed by atoms with van der Waals surface area (Å²) < 4.78 is 13.5. The van der Waals surface area contributed by atoms with E-state index in [1.165, 1.54) is 0 Å². The minimum absolute atomic E-state index is 0.243. The van der Waals surface area contributed by atoms with Gasteiger partial charge in [0.1, 0.15) is 0 Å². The Bertz CT molecular complexity index is 860. The SMILES string of the molecule is O=C1O[Te](c2ccccc2)(c2ccccc2)OC(=O)c2ccccc21. The zero-order chi connectivity index (χ0) is 17.3. The molecule has 0 atom stereocenters.